The highest BCUT2D eigenvalue weighted by Crippen LogP contribution is 2.30. The first kappa shape index (κ1) is 25.9. The Morgan fingerprint density at radius 2 is 1.77 bits per heavy atom. The van der Waals surface area contributed by atoms with E-state index in [0.717, 1.165) is 0 Å². The normalized spacial score (nSPS) is 18.9. The van der Waals surface area contributed by atoms with Crippen molar-refractivity contribution in [2.24, 2.45) is 0 Å². The number of nitrogens with zero attached hydrogens (tertiary/aromatic N) is 5. The van der Waals surface area contributed by atoms with Gasteiger partial charge in [0.25, 0.3) is 12.3 Å². The molecule has 0 bridgehead atoms. The molecule has 10 nitrogen and oxygen atoms in total. The van der Waals surface area contributed by atoms with Crippen LogP contribution in [0.1, 0.15) is 35.4 Å². The summed E-state index contributed by atoms with van der Waals surface area (Å²) in [6.45, 7) is 2.26. The van der Waals surface area contributed by atoms with Gasteiger partial charge in [-0.3, -0.25) is 9.36 Å². The molecule has 0 radical (unpaired) electrons. The second kappa shape index (κ2) is 11.0. The van der Waals surface area contributed by atoms with Crippen LogP contribution >= 0.6 is 0 Å². The lowest BCUT2D eigenvalue weighted by atomic mass is 9.86. The summed E-state index contributed by atoms with van der Waals surface area (Å²) in [5.41, 5.74) is 1.57. The van der Waals surface area contributed by atoms with Crippen molar-refractivity contribution >= 4 is 28.7 Å². The molecule has 2 aromatic heterocycles. The fourth-order valence-corrected chi connectivity index (χ4v) is 5.02. The third-order valence-corrected chi connectivity index (χ3v) is 7.18. The van der Waals surface area contributed by atoms with Crippen LogP contribution in [0.25, 0.3) is 16.9 Å². The second-order valence-corrected chi connectivity index (χ2v) is 9.82. The van der Waals surface area contributed by atoms with Crippen molar-refractivity contribution in [1.82, 2.24) is 24.8 Å². The van der Waals surface area contributed by atoms with Gasteiger partial charge in [0.05, 0.1) is 31.4 Å². The van der Waals surface area contributed by atoms with Crippen molar-refractivity contribution in [1.29, 1.82) is 0 Å². The number of morpholine rings is 1. The van der Waals surface area contributed by atoms with E-state index in [-0.39, 0.29) is 23.8 Å². The molecule has 0 spiro atoms. The van der Waals surface area contributed by atoms with Crippen LogP contribution in [0.2, 0.25) is 0 Å². The molecule has 2 fully saturated rings. The van der Waals surface area contributed by atoms with Crippen molar-refractivity contribution in [2.45, 2.75) is 31.4 Å². The number of rotatable bonds is 8. The molecule has 1 aliphatic heterocycles. The van der Waals surface area contributed by atoms with Gasteiger partial charge in [0.2, 0.25) is 5.95 Å². The van der Waals surface area contributed by atoms with E-state index < -0.39 is 6.43 Å². The first-order valence-corrected chi connectivity index (χ1v) is 13.2. The molecule has 1 saturated heterocycles. The molecule has 208 valence electrons. The maximum Gasteiger partial charge on any atom is 0.296 e. The molecule has 0 unspecified atom stereocenters. The number of hydrogen-bond donors (Lipinski definition) is 2. The van der Waals surface area contributed by atoms with Gasteiger partial charge in [-0.05, 0) is 49.2 Å². The van der Waals surface area contributed by atoms with Gasteiger partial charge in [-0.2, -0.15) is 9.97 Å². The van der Waals surface area contributed by atoms with Crippen molar-refractivity contribution in [3.8, 4) is 11.6 Å². The highest BCUT2D eigenvalue weighted by Gasteiger charge is 2.31. The molecule has 6 rings (SSSR count). The van der Waals surface area contributed by atoms with Crippen molar-refractivity contribution in [3.05, 3.63) is 66.0 Å². The van der Waals surface area contributed by atoms with Gasteiger partial charge in [0.15, 0.2) is 5.82 Å². The number of aromatic nitrogens is 4. The topological polar surface area (TPSA) is 106 Å². The smallest absolute Gasteiger partial charge is 0.296 e. The second-order valence-electron chi connectivity index (χ2n) is 9.82. The molecule has 12 heteroatoms. The van der Waals surface area contributed by atoms with Gasteiger partial charge < -0.3 is 25.0 Å². The average Bonchev–Trinajstić information content (AvgIpc) is 3.36. The predicted molar refractivity (Wildman–Crippen MR) is 146 cm³/mol. The van der Waals surface area contributed by atoms with Crippen LogP contribution in [0.3, 0.4) is 0 Å². The maximum atomic E-state index is 14.1. The largest absolute Gasteiger partial charge is 0.497 e. The molecule has 2 N–H and O–H groups in total. The highest BCUT2D eigenvalue weighted by molar-refractivity contribution is 5.94. The number of benzene rings is 2. The van der Waals surface area contributed by atoms with Gasteiger partial charge in [0.1, 0.15) is 17.4 Å². The molecule has 2 aromatic carbocycles. The third kappa shape index (κ3) is 5.26. The first-order chi connectivity index (χ1) is 19.5. The van der Waals surface area contributed by atoms with Crippen LogP contribution in [0.5, 0.6) is 5.75 Å². The number of carbonyl (C=O) groups excluding carboxylic acids is 1. The van der Waals surface area contributed by atoms with Crippen LogP contribution in [-0.2, 0) is 4.74 Å². The van der Waals surface area contributed by atoms with Crippen molar-refractivity contribution < 1.29 is 23.0 Å². The minimum Gasteiger partial charge on any atom is -0.497 e. The molecular formula is C28H29F2N7O3. The Morgan fingerprint density at radius 1 is 1.02 bits per heavy atom. The van der Waals surface area contributed by atoms with Gasteiger partial charge in [-0.1, -0.05) is 12.1 Å². The standard InChI is InChI=1S/C28H29F2N7O3/c1-39-20-8-6-17(7-9-20)27(38)32-19-14-18(15-19)31-23-16-24(35-28(34-23)36-10-12-40-13-11-36)37-22-5-3-2-4-21(22)33-26(37)25(29)30/h2-9,16,18-19,25H,10-15H2,1H3,(H,32,38)(H,31,34,35). The zero-order valence-corrected chi connectivity index (χ0v) is 21.9. The summed E-state index contributed by atoms with van der Waals surface area (Å²) in [7, 11) is 1.58. The molecule has 1 aliphatic carbocycles. The Morgan fingerprint density at radius 3 is 2.50 bits per heavy atom. The fraction of sp³-hybridized carbons (Fsp3) is 0.357. The third-order valence-electron chi connectivity index (χ3n) is 7.18. The summed E-state index contributed by atoms with van der Waals surface area (Å²) < 4.78 is 40.2. The summed E-state index contributed by atoms with van der Waals surface area (Å²) in [6, 6.07) is 15.7. The quantitative estimate of drug-likeness (QED) is 0.340. The zero-order valence-electron chi connectivity index (χ0n) is 21.9. The van der Waals surface area contributed by atoms with Crippen LogP contribution in [-0.4, -0.2) is 70.9 Å². The Hall–Kier alpha value is -4.32. The zero-order chi connectivity index (χ0) is 27.6. The summed E-state index contributed by atoms with van der Waals surface area (Å²) in [5.74, 6) is 1.45. The first-order valence-electron chi connectivity index (χ1n) is 13.2. The van der Waals surface area contributed by atoms with Crippen molar-refractivity contribution in [3.63, 3.8) is 0 Å². The Kier molecular flexibility index (Phi) is 7.16. The number of fused-ring (bicyclic) bond motifs is 1. The van der Waals surface area contributed by atoms with Crippen LogP contribution in [0.15, 0.2) is 54.6 Å². The van der Waals surface area contributed by atoms with Gasteiger partial charge in [-0.15, -0.1) is 0 Å². The molecule has 2 aliphatic rings. The molecule has 1 amide bonds. The van der Waals surface area contributed by atoms with E-state index in [4.69, 9.17) is 14.5 Å². The lowest BCUT2D eigenvalue weighted by molar-refractivity contribution is 0.0912. The van der Waals surface area contributed by atoms with E-state index >= 15 is 0 Å². The average molecular weight is 550 g/mol. The summed E-state index contributed by atoms with van der Waals surface area (Å²) in [5, 5.41) is 6.47. The fourth-order valence-electron chi connectivity index (χ4n) is 5.02. The monoisotopic (exact) mass is 549 g/mol. The van der Waals surface area contributed by atoms with E-state index in [0.29, 0.717) is 79.1 Å². The number of methoxy groups -OCH3 is 1. The number of ether oxygens (including phenoxy) is 2. The number of anilines is 2. The van der Waals surface area contributed by atoms with Gasteiger partial charge >= 0.3 is 0 Å². The molecular weight excluding hydrogens is 520 g/mol. The van der Waals surface area contributed by atoms with E-state index in [9.17, 15) is 13.6 Å². The summed E-state index contributed by atoms with van der Waals surface area (Å²) in [6.07, 6.45) is -1.39. The Bertz CT molecular complexity index is 1500. The summed E-state index contributed by atoms with van der Waals surface area (Å²) in [4.78, 5) is 28.2. The number of alkyl halides is 2. The van der Waals surface area contributed by atoms with Crippen LogP contribution < -0.4 is 20.3 Å². The van der Waals surface area contributed by atoms with Crippen molar-refractivity contribution in [2.75, 3.05) is 43.6 Å². The molecule has 40 heavy (non-hydrogen) atoms. The number of halogens is 2. The maximum absolute atomic E-state index is 14.1. The van der Waals surface area contributed by atoms with E-state index in [1.165, 1.54) is 4.57 Å². The summed E-state index contributed by atoms with van der Waals surface area (Å²) >= 11 is 0. The lowest BCUT2D eigenvalue weighted by Crippen LogP contribution is -2.49. The minimum absolute atomic E-state index is 0.00940. The van der Waals surface area contributed by atoms with E-state index in [2.05, 4.69) is 20.6 Å². The Balaban J connectivity index is 1.22. The molecule has 1 saturated carbocycles. The van der Waals surface area contributed by atoms with E-state index in [1.807, 2.05) is 4.90 Å². The van der Waals surface area contributed by atoms with E-state index in [1.54, 1.807) is 61.7 Å². The number of carbonyl (C=O) groups is 1. The van der Waals surface area contributed by atoms with Gasteiger partial charge in [0, 0.05) is 36.8 Å². The predicted octanol–water partition coefficient (Wildman–Crippen LogP) is 3.97. The molecule has 0 atom stereocenters. The number of para-hydroxylation sites is 2. The van der Waals surface area contributed by atoms with Crippen LogP contribution in [0, 0.1) is 0 Å². The molecule has 3 heterocycles. The SMILES string of the molecule is COc1ccc(C(=O)NC2CC(Nc3cc(-n4c(C(F)F)nc5ccccc54)nc(N4CCOCC4)n3)C2)cc1. The number of amides is 1. The number of nitrogens with one attached hydrogen (secondary N) is 2. The number of imidazole rings is 1. The molecule has 4 aromatic rings. The number of hydrogen-bond acceptors (Lipinski definition) is 8. The highest BCUT2D eigenvalue weighted by atomic mass is 19.3. The van der Waals surface area contributed by atoms with Gasteiger partial charge in [-0.25, -0.2) is 13.8 Å². The Labute approximate surface area is 229 Å². The lowest BCUT2D eigenvalue weighted by Gasteiger charge is -2.37. The minimum atomic E-state index is -2.78. The van der Waals surface area contributed by atoms with Crippen LogP contribution in [0.4, 0.5) is 20.5 Å².